The second-order valence-corrected chi connectivity index (χ2v) is 5.82. The average molecular weight is 345 g/mol. The Hall–Kier alpha value is -2.28. The molecule has 124 valence electrons. The van der Waals surface area contributed by atoms with Crippen molar-refractivity contribution in [1.82, 2.24) is 4.98 Å². The Kier molecular flexibility index (Phi) is 6.03. The number of hydrogen-bond donors (Lipinski definition) is 0. The van der Waals surface area contributed by atoms with E-state index in [2.05, 4.69) is 66.5 Å². The summed E-state index contributed by atoms with van der Waals surface area (Å²) in [4.78, 5) is 4.15. The highest BCUT2D eigenvalue weighted by molar-refractivity contribution is 5.70. The lowest BCUT2D eigenvalue weighted by Crippen LogP contribution is -2.68. The van der Waals surface area contributed by atoms with Crippen molar-refractivity contribution in [2.75, 3.05) is 0 Å². The lowest BCUT2D eigenvalue weighted by Gasteiger charge is -2.17. The summed E-state index contributed by atoms with van der Waals surface area (Å²) in [6, 6.07) is 21.3. The van der Waals surface area contributed by atoms with Gasteiger partial charge in [-0.05, 0) is 35.2 Å². The summed E-state index contributed by atoms with van der Waals surface area (Å²) in [5.41, 5.74) is 6.13. The Morgan fingerprint density at radius 1 is 0.667 bits per heavy atom. The van der Waals surface area contributed by atoms with Crippen LogP contribution in [0.4, 0.5) is 0 Å². The maximum absolute atomic E-state index is 8.49. The highest BCUT2D eigenvalue weighted by Crippen LogP contribution is 2.24. The van der Waals surface area contributed by atoms with Gasteiger partial charge in [-0.3, -0.25) is 4.98 Å². The van der Waals surface area contributed by atoms with E-state index in [-0.39, 0.29) is 0 Å². The topological polar surface area (TPSA) is 105 Å². The number of halogens is 1. The van der Waals surface area contributed by atoms with E-state index < -0.39 is 10.2 Å². The quantitative estimate of drug-likeness (QED) is 0.649. The molecule has 0 fully saturated rings. The number of aryl methyl sites for hydroxylation is 1. The third-order valence-electron chi connectivity index (χ3n) is 3.26. The van der Waals surface area contributed by atoms with Crippen molar-refractivity contribution >= 4 is 0 Å². The minimum Gasteiger partial charge on any atom is -0.264 e. The minimum atomic E-state index is -4.94. The first-order chi connectivity index (χ1) is 11.3. The summed E-state index contributed by atoms with van der Waals surface area (Å²) >= 11 is 0. The van der Waals surface area contributed by atoms with Crippen molar-refractivity contribution in [2.45, 2.75) is 6.92 Å². The normalized spacial score (nSPS) is 10.7. The molecule has 1 aromatic heterocycles. The molecule has 0 aliphatic rings. The molecule has 5 nitrogen and oxygen atoms in total. The van der Waals surface area contributed by atoms with Gasteiger partial charge in [0.2, 0.25) is 0 Å². The largest absolute Gasteiger partial charge is 0.264 e. The molecule has 0 N–H and O–H groups in total. The van der Waals surface area contributed by atoms with Crippen molar-refractivity contribution in [3.63, 3.8) is 0 Å². The van der Waals surface area contributed by atoms with Gasteiger partial charge in [-0.2, -0.15) is 0 Å². The molecule has 0 saturated carbocycles. The van der Waals surface area contributed by atoms with E-state index in [0.29, 0.717) is 0 Å². The summed E-state index contributed by atoms with van der Waals surface area (Å²) < 4.78 is 34.0. The molecule has 2 aromatic carbocycles. The van der Waals surface area contributed by atoms with E-state index in [0.717, 1.165) is 5.56 Å². The molecule has 0 radical (unpaired) electrons. The lowest BCUT2D eigenvalue weighted by atomic mass is 10.0. The van der Waals surface area contributed by atoms with Crippen LogP contribution in [0.25, 0.3) is 22.3 Å². The molecule has 0 saturated heterocycles. The van der Waals surface area contributed by atoms with Crippen molar-refractivity contribution in [1.29, 1.82) is 0 Å². The fourth-order valence-corrected chi connectivity index (χ4v) is 2.13. The Morgan fingerprint density at radius 2 is 1.08 bits per heavy atom. The average Bonchev–Trinajstić information content (AvgIpc) is 2.55. The molecule has 6 heteroatoms. The highest BCUT2D eigenvalue weighted by atomic mass is 35.7. The van der Waals surface area contributed by atoms with Crippen LogP contribution in [0.5, 0.6) is 0 Å². The maximum Gasteiger partial charge on any atom is 0.0346 e. The van der Waals surface area contributed by atoms with Crippen LogP contribution in [-0.4, -0.2) is 4.98 Å². The monoisotopic (exact) mass is 344 g/mol. The zero-order valence-corrected chi connectivity index (χ0v) is 13.6. The van der Waals surface area contributed by atoms with E-state index in [1.165, 1.54) is 22.3 Å². The van der Waals surface area contributed by atoms with Gasteiger partial charge in [-0.25, -0.2) is 18.6 Å². The third kappa shape index (κ3) is 6.08. The minimum absolute atomic E-state index is 1.15. The molecule has 0 aliphatic heterocycles. The fourth-order valence-electron chi connectivity index (χ4n) is 2.13. The summed E-state index contributed by atoms with van der Waals surface area (Å²) in [6.45, 7) is 2.11. The molecule has 1 heterocycles. The molecule has 0 bridgehead atoms. The van der Waals surface area contributed by atoms with Gasteiger partial charge in [0.05, 0.1) is 0 Å². The van der Waals surface area contributed by atoms with Crippen LogP contribution in [0.15, 0.2) is 73.1 Å². The third-order valence-corrected chi connectivity index (χ3v) is 3.26. The van der Waals surface area contributed by atoms with E-state index in [1.54, 1.807) is 6.20 Å². The van der Waals surface area contributed by atoms with E-state index >= 15 is 0 Å². The van der Waals surface area contributed by atoms with Crippen LogP contribution in [-0.2, 0) is 0 Å². The molecule has 3 aromatic rings. The predicted octanol–water partition coefficient (Wildman–Crippen LogP) is -0.0320. The number of hydrogen-bond acceptors (Lipinski definition) is 5. The van der Waals surface area contributed by atoms with E-state index in [9.17, 15) is 0 Å². The number of benzene rings is 2. The first-order valence-electron chi connectivity index (χ1n) is 7.02. The standard InChI is InChI=1S/C18H15N.ClHO4/c1-14-4-6-15(7-5-14)16-8-10-17(11-9-16)18-3-2-12-19-13-18;2-1(3,4)5/h2-13H,1H3;(H,2,3,4,5)/p-1. The summed E-state index contributed by atoms with van der Waals surface area (Å²) in [6.07, 6.45) is 3.69. The van der Waals surface area contributed by atoms with Gasteiger partial charge in [0.1, 0.15) is 0 Å². The van der Waals surface area contributed by atoms with Crippen LogP contribution >= 0.6 is 0 Å². The van der Waals surface area contributed by atoms with E-state index in [1.807, 2.05) is 12.3 Å². The van der Waals surface area contributed by atoms with Crippen LogP contribution < -0.4 is 18.6 Å². The van der Waals surface area contributed by atoms with Crippen molar-refractivity contribution in [3.8, 4) is 22.3 Å². The van der Waals surface area contributed by atoms with Crippen molar-refractivity contribution in [3.05, 3.63) is 78.6 Å². The van der Waals surface area contributed by atoms with Crippen LogP contribution in [0.3, 0.4) is 0 Å². The van der Waals surface area contributed by atoms with Crippen molar-refractivity contribution < 1.29 is 28.9 Å². The van der Waals surface area contributed by atoms with Crippen LogP contribution in [0, 0.1) is 17.2 Å². The predicted molar refractivity (Wildman–Crippen MR) is 79.8 cm³/mol. The molecule has 24 heavy (non-hydrogen) atoms. The molecular weight excluding hydrogens is 330 g/mol. The summed E-state index contributed by atoms with van der Waals surface area (Å²) in [7, 11) is -4.94. The second kappa shape index (κ2) is 8.01. The maximum atomic E-state index is 8.49. The van der Waals surface area contributed by atoms with Gasteiger partial charge in [0, 0.05) is 12.4 Å². The van der Waals surface area contributed by atoms with Crippen molar-refractivity contribution in [2.24, 2.45) is 0 Å². The smallest absolute Gasteiger partial charge is 0.0346 e. The summed E-state index contributed by atoms with van der Waals surface area (Å²) in [5, 5.41) is 0. The van der Waals surface area contributed by atoms with Crippen LogP contribution in [0.2, 0.25) is 0 Å². The van der Waals surface area contributed by atoms with Gasteiger partial charge in [0.15, 0.2) is 0 Å². The van der Waals surface area contributed by atoms with Crippen LogP contribution in [0.1, 0.15) is 5.56 Å². The van der Waals surface area contributed by atoms with Gasteiger partial charge >= 0.3 is 0 Å². The van der Waals surface area contributed by atoms with Gasteiger partial charge in [0.25, 0.3) is 0 Å². The van der Waals surface area contributed by atoms with Gasteiger partial charge in [-0.1, -0.05) is 60.2 Å². The van der Waals surface area contributed by atoms with Gasteiger partial charge in [-0.15, -0.1) is 10.2 Å². The lowest BCUT2D eigenvalue weighted by molar-refractivity contribution is -2.00. The summed E-state index contributed by atoms with van der Waals surface area (Å²) in [5.74, 6) is 0. The number of aromatic nitrogens is 1. The van der Waals surface area contributed by atoms with E-state index in [4.69, 9.17) is 18.6 Å². The number of nitrogens with zero attached hydrogens (tertiary/aromatic N) is 1. The number of pyridine rings is 1. The molecule has 0 aliphatic carbocycles. The first kappa shape index (κ1) is 18.1. The fraction of sp³-hybridized carbons (Fsp3) is 0.0556. The molecule has 0 spiro atoms. The Bertz CT molecular complexity index is 748. The molecule has 3 rings (SSSR count). The van der Waals surface area contributed by atoms with Gasteiger partial charge < -0.3 is 0 Å². The Balaban J connectivity index is 0.000000368. The first-order valence-corrected chi connectivity index (χ1v) is 8.25. The molecular formula is C18H15ClNO4-. The highest BCUT2D eigenvalue weighted by Gasteiger charge is 2.00. The second-order valence-electron chi connectivity index (χ2n) is 5.06. The Morgan fingerprint density at radius 3 is 1.50 bits per heavy atom. The zero-order valence-electron chi connectivity index (χ0n) is 12.9. The number of rotatable bonds is 2. The zero-order chi connectivity index (χ0) is 17.6. The molecule has 0 amide bonds. The molecule has 0 atom stereocenters. The molecule has 0 unspecified atom stereocenters. The SMILES string of the molecule is Cc1ccc(-c2ccc(-c3cccnc3)cc2)cc1.[O-][Cl+3]([O-])([O-])[O-]. The Labute approximate surface area is 142 Å².